The van der Waals surface area contributed by atoms with Crippen LogP contribution >= 0.6 is 0 Å². The molecule has 0 spiro atoms. The van der Waals surface area contributed by atoms with Gasteiger partial charge in [-0.3, -0.25) is 10.2 Å². The Bertz CT molecular complexity index is 487. The van der Waals surface area contributed by atoms with Crippen molar-refractivity contribution < 1.29 is 4.79 Å². The highest BCUT2D eigenvalue weighted by Gasteiger charge is 2.27. The first-order valence-electron chi connectivity index (χ1n) is 8.86. The number of piperidine rings is 1. The van der Waals surface area contributed by atoms with E-state index in [-0.39, 0.29) is 0 Å². The van der Waals surface area contributed by atoms with Gasteiger partial charge in [-0.2, -0.15) is 0 Å². The lowest BCUT2D eigenvalue weighted by Crippen LogP contribution is -2.38. The van der Waals surface area contributed by atoms with Crippen molar-refractivity contribution >= 4 is 5.91 Å². The molecule has 1 amide bonds. The molecule has 126 valence electrons. The molecule has 2 atom stereocenters. The van der Waals surface area contributed by atoms with E-state index >= 15 is 0 Å². The Morgan fingerprint density at radius 2 is 1.96 bits per heavy atom. The zero-order valence-electron chi connectivity index (χ0n) is 13.8. The molecule has 5 nitrogen and oxygen atoms in total. The van der Waals surface area contributed by atoms with E-state index in [9.17, 15) is 4.79 Å². The van der Waals surface area contributed by atoms with Gasteiger partial charge in [0.2, 0.25) is 5.91 Å². The summed E-state index contributed by atoms with van der Waals surface area (Å²) in [7, 11) is 0. The molecule has 3 rings (SSSR count). The van der Waals surface area contributed by atoms with Gasteiger partial charge in [0.15, 0.2) is 0 Å². The van der Waals surface area contributed by atoms with Crippen LogP contribution in [-0.4, -0.2) is 43.5 Å². The van der Waals surface area contributed by atoms with E-state index < -0.39 is 0 Å². The monoisotopic (exact) mass is 316 g/mol. The van der Waals surface area contributed by atoms with Crippen molar-refractivity contribution in [3.63, 3.8) is 0 Å². The van der Waals surface area contributed by atoms with E-state index in [2.05, 4.69) is 40.4 Å². The van der Waals surface area contributed by atoms with Gasteiger partial charge in [0, 0.05) is 45.1 Å². The lowest BCUT2D eigenvalue weighted by molar-refractivity contribution is -0.131. The first-order valence-corrected chi connectivity index (χ1v) is 8.86. The molecule has 0 aliphatic carbocycles. The normalized spacial score (nSPS) is 24.8. The molecule has 2 saturated heterocycles. The molecule has 5 heteroatoms. The number of carbonyl (C=O) groups excluding carboxylic acids is 1. The van der Waals surface area contributed by atoms with Gasteiger partial charge in [0.25, 0.3) is 0 Å². The first-order chi connectivity index (χ1) is 11.3. The number of hydrogen-bond donors (Lipinski definition) is 3. The number of amides is 1. The predicted molar refractivity (Wildman–Crippen MR) is 91.7 cm³/mol. The third-order valence-electron chi connectivity index (χ3n) is 4.88. The van der Waals surface area contributed by atoms with Crippen molar-refractivity contribution in [2.24, 2.45) is 5.92 Å². The number of hydrazine groups is 1. The number of rotatable bonds is 6. The minimum Gasteiger partial charge on any atom is -0.343 e. The van der Waals surface area contributed by atoms with Gasteiger partial charge in [-0.05, 0) is 24.8 Å². The fourth-order valence-electron chi connectivity index (χ4n) is 3.53. The molecule has 3 N–H and O–H groups in total. The summed E-state index contributed by atoms with van der Waals surface area (Å²) in [6.45, 7) is 4.55. The largest absolute Gasteiger partial charge is 0.343 e. The standard InChI is InChI=1S/C18H28N4O/c23-17(22-11-5-2-6-12-22)9-10-19-13-16-14-20-21-18(16)15-7-3-1-4-8-15/h1,3-4,7-8,16,18-21H,2,5-6,9-14H2. The Kier molecular flexibility index (Phi) is 6.02. The highest BCUT2D eigenvalue weighted by molar-refractivity contribution is 5.76. The Morgan fingerprint density at radius 3 is 2.74 bits per heavy atom. The fraction of sp³-hybridized carbons (Fsp3) is 0.611. The van der Waals surface area contributed by atoms with Gasteiger partial charge < -0.3 is 10.2 Å². The second-order valence-electron chi connectivity index (χ2n) is 6.57. The molecule has 2 fully saturated rings. The van der Waals surface area contributed by atoms with Crippen molar-refractivity contribution in [1.82, 2.24) is 21.1 Å². The topological polar surface area (TPSA) is 56.4 Å². The Morgan fingerprint density at radius 1 is 1.17 bits per heavy atom. The molecule has 1 aromatic carbocycles. The third kappa shape index (κ3) is 4.53. The second kappa shape index (κ2) is 8.43. The first kappa shape index (κ1) is 16.4. The van der Waals surface area contributed by atoms with Gasteiger partial charge in [0.1, 0.15) is 0 Å². The Hall–Kier alpha value is -1.43. The van der Waals surface area contributed by atoms with Crippen molar-refractivity contribution in [2.45, 2.75) is 31.7 Å². The molecule has 0 radical (unpaired) electrons. The van der Waals surface area contributed by atoms with E-state index in [1.165, 1.54) is 12.0 Å². The van der Waals surface area contributed by atoms with Crippen molar-refractivity contribution in [2.75, 3.05) is 32.7 Å². The summed E-state index contributed by atoms with van der Waals surface area (Å²) in [5, 5.41) is 3.47. The molecule has 2 heterocycles. The van der Waals surface area contributed by atoms with Gasteiger partial charge in [-0.25, -0.2) is 5.43 Å². The van der Waals surface area contributed by atoms with Crippen LogP contribution in [0.15, 0.2) is 30.3 Å². The summed E-state index contributed by atoms with van der Waals surface area (Å²) < 4.78 is 0. The number of nitrogens with zero attached hydrogens (tertiary/aromatic N) is 1. The van der Waals surface area contributed by atoms with Crippen LogP contribution < -0.4 is 16.2 Å². The van der Waals surface area contributed by atoms with Crippen molar-refractivity contribution in [3.05, 3.63) is 35.9 Å². The van der Waals surface area contributed by atoms with Crippen LogP contribution in [0.3, 0.4) is 0 Å². The van der Waals surface area contributed by atoms with Gasteiger partial charge in [-0.15, -0.1) is 0 Å². The maximum absolute atomic E-state index is 12.1. The Balaban J connectivity index is 1.39. The molecular weight excluding hydrogens is 288 g/mol. The third-order valence-corrected chi connectivity index (χ3v) is 4.88. The summed E-state index contributed by atoms with van der Waals surface area (Å²) in [4.78, 5) is 14.2. The van der Waals surface area contributed by atoms with E-state index in [0.717, 1.165) is 45.6 Å². The van der Waals surface area contributed by atoms with Gasteiger partial charge in [-0.1, -0.05) is 30.3 Å². The molecule has 0 bridgehead atoms. The maximum atomic E-state index is 12.1. The zero-order valence-corrected chi connectivity index (χ0v) is 13.8. The summed E-state index contributed by atoms with van der Waals surface area (Å²) >= 11 is 0. The summed E-state index contributed by atoms with van der Waals surface area (Å²) in [5.41, 5.74) is 7.93. The SMILES string of the molecule is O=C(CCNCC1CNNC1c1ccccc1)N1CCCCC1. The number of nitrogens with one attached hydrogen (secondary N) is 3. The molecule has 0 saturated carbocycles. The molecular formula is C18H28N4O. The van der Waals surface area contributed by atoms with E-state index in [4.69, 9.17) is 0 Å². The maximum Gasteiger partial charge on any atom is 0.223 e. The summed E-state index contributed by atoms with van der Waals surface area (Å²) in [6, 6.07) is 10.9. The highest BCUT2D eigenvalue weighted by atomic mass is 16.2. The molecule has 23 heavy (non-hydrogen) atoms. The molecule has 0 aromatic heterocycles. The second-order valence-corrected chi connectivity index (χ2v) is 6.57. The lowest BCUT2D eigenvalue weighted by Gasteiger charge is -2.27. The van der Waals surface area contributed by atoms with Crippen LogP contribution in [0.25, 0.3) is 0 Å². The molecule has 1 aromatic rings. The Labute approximate surface area is 138 Å². The van der Waals surface area contributed by atoms with Gasteiger partial charge >= 0.3 is 0 Å². The minimum atomic E-state index is 0.305. The molecule has 2 unspecified atom stereocenters. The lowest BCUT2D eigenvalue weighted by atomic mass is 9.95. The number of likely N-dealkylation sites (tertiary alicyclic amines) is 1. The quantitative estimate of drug-likeness (QED) is 0.695. The predicted octanol–water partition coefficient (Wildman–Crippen LogP) is 1.44. The van der Waals surface area contributed by atoms with Crippen LogP contribution in [0.2, 0.25) is 0 Å². The average molecular weight is 316 g/mol. The number of hydrogen-bond acceptors (Lipinski definition) is 4. The fourth-order valence-corrected chi connectivity index (χ4v) is 3.53. The van der Waals surface area contributed by atoms with Gasteiger partial charge in [0.05, 0.1) is 6.04 Å². The van der Waals surface area contributed by atoms with Crippen molar-refractivity contribution in [3.8, 4) is 0 Å². The van der Waals surface area contributed by atoms with Crippen LogP contribution in [0.4, 0.5) is 0 Å². The zero-order chi connectivity index (χ0) is 15.9. The van der Waals surface area contributed by atoms with E-state index in [0.29, 0.717) is 24.3 Å². The molecule has 2 aliphatic rings. The van der Waals surface area contributed by atoms with E-state index in [1.807, 2.05) is 11.0 Å². The highest BCUT2D eigenvalue weighted by Crippen LogP contribution is 2.23. The number of carbonyl (C=O) groups is 1. The van der Waals surface area contributed by atoms with Crippen LogP contribution in [0.1, 0.15) is 37.3 Å². The van der Waals surface area contributed by atoms with Crippen LogP contribution in [0.5, 0.6) is 0 Å². The average Bonchev–Trinajstić information content (AvgIpc) is 3.08. The van der Waals surface area contributed by atoms with E-state index in [1.54, 1.807) is 0 Å². The number of benzene rings is 1. The van der Waals surface area contributed by atoms with Crippen LogP contribution in [0, 0.1) is 5.92 Å². The smallest absolute Gasteiger partial charge is 0.223 e. The van der Waals surface area contributed by atoms with Crippen LogP contribution in [-0.2, 0) is 4.79 Å². The summed E-state index contributed by atoms with van der Waals surface area (Å²) in [5.74, 6) is 0.807. The minimum absolute atomic E-state index is 0.305. The molecule has 2 aliphatic heterocycles. The summed E-state index contributed by atoms with van der Waals surface area (Å²) in [6.07, 6.45) is 4.21. The van der Waals surface area contributed by atoms with Crippen molar-refractivity contribution in [1.29, 1.82) is 0 Å².